The Morgan fingerprint density at radius 2 is 1.76 bits per heavy atom. The van der Waals surface area contributed by atoms with Crippen molar-refractivity contribution in [2.75, 3.05) is 44.8 Å². The average Bonchev–Trinajstić information content (AvgIpc) is 3.36. The molecule has 4 aromatic rings. The second kappa shape index (κ2) is 10.6. The van der Waals surface area contributed by atoms with Crippen LogP contribution in [0.4, 0.5) is 5.69 Å². The van der Waals surface area contributed by atoms with Crippen molar-refractivity contribution >= 4 is 28.2 Å². The molecule has 37 heavy (non-hydrogen) atoms. The van der Waals surface area contributed by atoms with Gasteiger partial charge in [-0.25, -0.2) is 4.68 Å². The van der Waals surface area contributed by atoms with Crippen LogP contribution in [0.1, 0.15) is 34.1 Å². The maximum Gasteiger partial charge on any atom is 0.253 e. The van der Waals surface area contributed by atoms with E-state index in [2.05, 4.69) is 56.3 Å². The van der Waals surface area contributed by atoms with Crippen LogP contribution in [0.5, 0.6) is 0 Å². The highest BCUT2D eigenvalue weighted by molar-refractivity contribution is 6.30. The van der Waals surface area contributed by atoms with E-state index in [0.29, 0.717) is 24.5 Å². The number of aromatic nitrogens is 5. The molecule has 0 spiro atoms. The van der Waals surface area contributed by atoms with E-state index in [1.165, 1.54) is 5.56 Å². The Balaban J connectivity index is 1.55. The molecule has 1 aliphatic heterocycles. The summed E-state index contributed by atoms with van der Waals surface area (Å²) >= 11 is 6.30. The zero-order valence-corrected chi connectivity index (χ0v) is 22.4. The minimum atomic E-state index is -0.400. The Bertz CT molecular complexity index is 1470. The third kappa shape index (κ3) is 4.99. The lowest BCUT2D eigenvalue weighted by atomic mass is 9.99. The molecule has 0 saturated carbocycles. The Labute approximate surface area is 221 Å². The lowest BCUT2D eigenvalue weighted by Crippen LogP contribution is -2.49. The van der Waals surface area contributed by atoms with Crippen molar-refractivity contribution in [3.05, 3.63) is 79.9 Å². The number of ether oxygens (including phenoxy) is 1. The average molecular weight is 522 g/mol. The van der Waals surface area contributed by atoms with Crippen LogP contribution in [0, 0.1) is 20.8 Å². The molecule has 1 fully saturated rings. The van der Waals surface area contributed by atoms with Crippen molar-refractivity contribution in [2.24, 2.45) is 0 Å². The van der Waals surface area contributed by atoms with Gasteiger partial charge in [-0.1, -0.05) is 29.8 Å². The van der Waals surface area contributed by atoms with Gasteiger partial charge in [-0.2, -0.15) is 0 Å². The molecule has 10 heteroatoms. The maximum atomic E-state index is 13.6. The quantitative estimate of drug-likeness (QED) is 0.397. The van der Waals surface area contributed by atoms with Crippen molar-refractivity contribution in [2.45, 2.75) is 33.4 Å². The summed E-state index contributed by atoms with van der Waals surface area (Å²) in [6, 6.07) is 11.7. The topological polar surface area (TPSA) is 92.2 Å². The summed E-state index contributed by atoms with van der Waals surface area (Å²) in [6.07, 6.45) is 0. The molecule has 0 unspecified atom stereocenters. The van der Waals surface area contributed by atoms with Gasteiger partial charge in [-0.3, -0.25) is 9.69 Å². The summed E-state index contributed by atoms with van der Waals surface area (Å²) in [6.45, 7) is 10.2. The van der Waals surface area contributed by atoms with Gasteiger partial charge in [0, 0.05) is 54.9 Å². The molecular formula is C27H32ClN7O2. The summed E-state index contributed by atoms with van der Waals surface area (Å²) in [5, 5.41) is 14.3. The molecule has 194 valence electrons. The first-order chi connectivity index (χ1) is 17.9. The molecule has 2 aromatic carbocycles. The fourth-order valence-electron chi connectivity index (χ4n) is 5.18. The highest BCUT2D eigenvalue weighted by Gasteiger charge is 2.33. The molecule has 0 radical (unpaired) electrons. The van der Waals surface area contributed by atoms with Crippen LogP contribution in [0.2, 0.25) is 5.02 Å². The van der Waals surface area contributed by atoms with E-state index < -0.39 is 6.04 Å². The standard InChI is InChI=1S/C27H32ClN7O2/c1-17-5-6-19(3)24-21(17)16-22(27(36)29-24)25(26-30-31-32-35(26)13-14-37-4)34-11-9-33(10-12-34)23-15-20(28)8-7-18(23)2/h5-8,15-16,25H,9-14H2,1-4H3,(H,29,36)/t25-/m0/s1. The number of aryl methyl sites for hydroxylation is 3. The number of tetrazole rings is 1. The van der Waals surface area contributed by atoms with Crippen molar-refractivity contribution in [1.82, 2.24) is 30.1 Å². The second-order valence-electron chi connectivity index (χ2n) is 9.65. The van der Waals surface area contributed by atoms with E-state index in [0.717, 1.165) is 58.9 Å². The Morgan fingerprint density at radius 1 is 1.03 bits per heavy atom. The van der Waals surface area contributed by atoms with Crippen molar-refractivity contribution in [3.63, 3.8) is 0 Å². The molecule has 1 N–H and O–H groups in total. The number of piperazine rings is 1. The number of pyridine rings is 1. The van der Waals surface area contributed by atoms with Crippen molar-refractivity contribution in [1.29, 1.82) is 0 Å². The summed E-state index contributed by atoms with van der Waals surface area (Å²) < 4.78 is 7.02. The highest BCUT2D eigenvalue weighted by atomic mass is 35.5. The number of nitrogens with zero attached hydrogens (tertiary/aromatic N) is 6. The van der Waals surface area contributed by atoms with Gasteiger partial charge in [-0.15, -0.1) is 5.10 Å². The van der Waals surface area contributed by atoms with Gasteiger partial charge in [0.15, 0.2) is 5.82 Å². The molecule has 3 heterocycles. The first kappa shape index (κ1) is 25.4. The molecule has 1 atom stereocenters. The highest BCUT2D eigenvalue weighted by Crippen LogP contribution is 2.31. The number of H-pyrrole nitrogens is 1. The lowest BCUT2D eigenvalue weighted by Gasteiger charge is -2.40. The number of hydrogen-bond donors (Lipinski definition) is 1. The molecule has 1 aliphatic rings. The number of nitrogens with one attached hydrogen (secondary N) is 1. The van der Waals surface area contributed by atoms with Crippen LogP contribution < -0.4 is 10.5 Å². The number of anilines is 1. The molecule has 0 bridgehead atoms. The molecule has 2 aromatic heterocycles. The normalized spacial score (nSPS) is 15.4. The number of rotatable bonds is 7. The summed E-state index contributed by atoms with van der Waals surface area (Å²) in [5.74, 6) is 0.639. The minimum Gasteiger partial charge on any atom is -0.383 e. The molecule has 9 nitrogen and oxygen atoms in total. The Kier molecular flexibility index (Phi) is 7.28. The smallest absolute Gasteiger partial charge is 0.253 e. The predicted octanol–water partition coefficient (Wildman–Crippen LogP) is 3.65. The number of hydrogen-bond acceptors (Lipinski definition) is 7. The first-order valence-corrected chi connectivity index (χ1v) is 12.9. The number of halogens is 1. The lowest BCUT2D eigenvalue weighted by molar-refractivity contribution is 0.171. The van der Waals surface area contributed by atoms with Gasteiger partial charge >= 0.3 is 0 Å². The Hall–Kier alpha value is -3.27. The van der Waals surface area contributed by atoms with Gasteiger partial charge < -0.3 is 14.6 Å². The van der Waals surface area contributed by atoms with Gasteiger partial charge in [0.25, 0.3) is 5.56 Å². The molecule has 0 aliphatic carbocycles. The third-order valence-corrected chi connectivity index (χ3v) is 7.50. The molecular weight excluding hydrogens is 490 g/mol. The maximum absolute atomic E-state index is 13.6. The van der Waals surface area contributed by atoms with Crippen LogP contribution in [-0.4, -0.2) is 70.0 Å². The molecule has 0 amide bonds. The monoisotopic (exact) mass is 521 g/mol. The predicted molar refractivity (Wildman–Crippen MR) is 146 cm³/mol. The number of benzene rings is 2. The third-order valence-electron chi connectivity index (χ3n) is 7.27. The largest absolute Gasteiger partial charge is 0.383 e. The van der Waals surface area contributed by atoms with E-state index in [1.807, 2.05) is 31.2 Å². The molecule has 1 saturated heterocycles. The van der Waals surface area contributed by atoms with Gasteiger partial charge in [-0.05, 0) is 66.1 Å². The zero-order valence-electron chi connectivity index (χ0n) is 21.7. The van der Waals surface area contributed by atoms with Crippen LogP contribution in [0.15, 0.2) is 41.2 Å². The second-order valence-corrected chi connectivity index (χ2v) is 10.1. The summed E-state index contributed by atoms with van der Waals surface area (Å²) in [7, 11) is 1.65. The van der Waals surface area contributed by atoms with Crippen LogP contribution >= 0.6 is 11.6 Å². The number of fused-ring (bicyclic) bond motifs is 1. The van der Waals surface area contributed by atoms with E-state index in [9.17, 15) is 4.79 Å². The minimum absolute atomic E-state index is 0.124. The number of aromatic amines is 1. The van der Waals surface area contributed by atoms with E-state index >= 15 is 0 Å². The van der Waals surface area contributed by atoms with E-state index in [-0.39, 0.29) is 5.56 Å². The van der Waals surface area contributed by atoms with Gasteiger partial charge in [0.1, 0.15) is 6.04 Å². The van der Waals surface area contributed by atoms with Crippen LogP contribution in [-0.2, 0) is 11.3 Å². The van der Waals surface area contributed by atoms with Gasteiger partial charge in [0.05, 0.1) is 18.7 Å². The fourth-order valence-corrected chi connectivity index (χ4v) is 5.35. The van der Waals surface area contributed by atoms with Crippen molar-refractivity contribution < 1.29 is 4.74 Å². The van der Waals surface area contributed by atoms with Crippen LogP contribution in [0.25, 0.3) is 10.9 Å². The van der Waals surface area contributed by atoms with Gasteiger partial charge in [0.2, 0.25) is 0 Å². The fraction of sp³-hybridized carbons (Fsp3) is 0.407. The number of methoxy groups -OCH3 is 1. The summed E-state index contributed by atoms with van der Waals surface area (Å²) in [4.78, 5) is 21.4. The Morgan fingerprint density at radius 3 is 2.51 bits per heavy atom. The van der Waals surface area contributed by atoms with E-state index in [4.69, 9.17) is 16.3 Å². The zero-order chi connectivity index (χ0) is 26.1. The summed E-state index contributed by atoms with van der Waals surface area (Å²) in [5.41, 5.74) is 5.86. The molecule has 5 rings (SSSR count). The van der Waals surface area contributed by atoms with E-state index in [1.54, 1.807) is 11.8 Å². The SMILES string of the molecule is COCCn1nnnc1[C@H](c1cc2c(C)ccc(C)c2[nH]c1=O)N1CCN(c2cc(Cl)ccc2C)CC1. The first-order valence-electron chi connectivity index (χ1n) is 12.5. The van der Waals surface area contributed by atoms with Crippen LogP contribution in [0.3, 0.4) is 0 Å². The van der Waals surface area contributed by atoms with Crippen molar-refractivity contribution in [3.8, 4) is 0 Å².